The van der Waals surface area contributed by atoms with Gasteiger partial charge in [0.05, 0.1) is 18.7 Å². The summed E-state index contributed by atoms with van der Waals surface area (Å²) < 4.78 is 7.20. The molecule has 6 heteroatoms. The van der Waals surface area contributed by atoms with E-state index in [0.717, 1.165) is 11.3 Å². The molecule has 2 aromatic rings. The number of nitrogens with zero attached hydrogens (tertiary/aromatic N) is 1. The van der Waals surface area contributed by atoms with Crippen LogP contribution >= 0.6 is 0 Å². The normalized spacial score (nSPS) is 10.7. The molecule has 0 saturated heterocycles. The Kier molecular flexibility index (Phi) is 5.63. The van der Waals surface area contributed by atoms with Gasteiger partial charge in [-0.3, -0.25) is 9.59 Å². The van der Waals surface area contributed by atoms with Crippen LogP contribution in [0.3, 0.4) is 0 Å². The maximum atomic E-state index is 12.1. The lowest BCUT2D eigenvalue weighted by Crippen LogP contribution is -2.14. The van der Waals surface area contributed by atoms with Crippen LogP contribution < -0.4 is 15.8 Å². The Balaban J connectivity index is 1.92. The highest BCUT2D eigenvalue weighted by molar-refractivity contribution is 5.96. The van der Waals surface area contributed by atoms with E-state index in [9.17, 15) is 9.59 Å². The standard InChI is InChI=1S/C18H23N3O3/c1-12(2)11-24-15-6-4-13(5-7-15)8-17(22)20-14-9-16(18(19)23)21(3)10-14/h4-7,9-10,12H,8,11H2,1-3H3,(H2,19,23)(H,20,22). The molecule has 0 aliphatic rings. The second kappa shape index (κ2) is 7.68. The lowest BCUT2D eigenvalue weighted by Gasteiger charge is -2.09. The molecule has 0 aliphatic heterocycles. The van der Waals surface area contributed by atoms with Gasteiger partial charge in [-0.25, -0.2) is 0 Å². The van der Waals surface area contributed by atoms with Crippen LogP contribution in [0.15, 0.2) is 36.5 Å². The van der Waals surface area contributed by atoms with Crippen LogP contribution in [0, 0.1) is 5.92 Å². The number of rotatable bonds is 7. The van der Waals surface area contributed by atoms with Gasteiger partial charge in [0, 0.05) is 13.2 Å². The fourth-order valence-corrected chi connectivity index (χ4v) is 2.23. The van der Waals surface area contributed by atoms with E-state index in [2.05, 4.69) is 19.2 Å². The van der Waals surface area contributed by atoms with E-state index in [1.807, 2.05) is 24.3 Å². The second-order valence-electron chi connectivity index (χ2n) is 6.16. The zero-order valence-electron chi connectivity index (χ0n) is 14.2. The van der Waals surface area contributed by atoms with Crippen molar-refractivity contribution < 1.29 is 14.3 Å². The monoisotopic (exact) mass is 329 g/mol. The maximum absolute atomic E-state index is 12.1. The molecule has 0 saturated carbocycles. The van der Waals surface area contributed by atoms with Crippen LogP contribution in [-0.4, -0.2) is 23.0 Å². The summed E-state index contributed by atoms with van der Waals surface area (Å²) in [7, 11) is 1.70. The molecule has 1 aromatic carbocycles. The molecule has 0 unspecified atom stereocenters. The van der Waals surface area contributed by atoms with Crippen molar-refractivity contribution in [3.8, 4) is 5.75 Å². The first-order chi connectivity index (χ1) is 11.3. The number of amides is 2. The summed E-state index contributed by atoms with van der Waals surface area (Å²) in [6.07, 6.45) is 1.89. The molecule has 24 heavy (non-hydrogen) atoms. The first-order valence-electron chi connectivity index (χ1n) is 7.83. The van der Waals surface area contributed by atoms with E-state index >= 15 is 0 Å². The molecule has 2 rings (SSSR count). The van der Waals surface area contributed by atoms with E-state index in [0.29, 0.717) is 23.9 Å². The maximum Gasteiger partial charge on any atom is 0.265 e. The van der Waals surface area contributed by atoms with Crippen LogP contribution in [0.25, 0.3) is 0 Å². The van der Waals surface area contributed by atoms with Crippen molar-refractivity contribution in [2.45, 2.75) is 20.3 Å². The lowest BCUT2D eigenvalue weighted by atomic mass is 10.1. The average molecular weight is 329 g/mol. The van der Waals surface area contributed by atoms with Gasteiger partial charge in [-0.15, -0.1) is 0 Å². The minimum absolute atomic E-state index is 0.160. The topological polar surface area (TPSA) is 86.3 Å². The van der Waals surface area contributed by atoms with Crippen molar-refractivity contribution in [1.29, 1.82) is 0 Å². The number of carbonyl (C=O) groups is 2. The Bertz CT molecular complexity index is 718. The largest absolute Gasteiger partial charge is 0.493 e. The van der Waals surface area contributed by atoms with Crippen molar-refractivity contribution in [2.75, 3.05) is 11.9 Å². The fourth-order valence-electron chi connectivity index (χ4n) is 2.23. The minimum Gasteiger partial charge on any atom is -0.493 e. The van der Waals surface area contributed by atoms with Gasteiger partial charge in [-0.1, -0.05) is 26.0 Å². The van der Waals surface area contributed by atoms with Gasteiger partial charge in [0.1, 0.15) is 11.4 Å². The van der Waals surface area contributed by atoms with E-state index in [-0.39, 0.29) is 12.3 Å². The molecule has 1 heterocycles. The Hall–Kier alpha value is -2.76. The van der Waals surface area contributed by atoms with Crippen LogP contribution in [0.1, 0.15) is 29.9 Å². The molecule has 6 nitrogen and oxygen atoms in total. The van der Waals surface area contributed by atoms with Crippen LogP contribution in [0.4, 0.5) is 5.69 Å². The van der Waals surface area contributed by atoms with Crippen molar-refractivity contribution in [1.82, 2.24) is 4.57 Å². The van der Waals surface area contributed by atoms with Gasteiger partial charge in [-0.05, 0) is 29.7 Å². The molecule has 0 atom stereocenters. The third-order valence-corrected chi connectivity index (χ3v) is 3.41. The number of carbonyl (C=O) groups excluding carboxylic acids is 2. The van der Waals surface area contributed by atoms with Crippen molar-refractivity contribution in [3.63, 3.8) is 0 Å². The highest BCUT2D eigenvalue weighted by Crippen LogP contribution is 2.15. The van der Waals surface area contributed by atoms with Gasteiger partial charge >= 0.3 is 0 Å². The highest BCUT2D eigenvalue weighted by atomic mass is 16.5. The highest BCUT2D eigenvalue weighted by Gasteiger charge is 2.11. The number of aryl methyl sites for hydroxylation is 1. The predicted molar refractivity (Wildman–Crippen MR) is 93.0 cm³/mol. The molecule has 0 aliphatic carbocycles. The number of ether oxygens (including phenoxy) is 1. The first kappa shape index (κ1) is 17.6. The van der Waals surface area contributed by atoms with Gasteiger partial charge in [0.15, 0.2) is 0 Å². The predicted octanol–water partition coefficient (Wildman–Crippen LogP) is 2.34. The number of benzene rings is 1. The molecule has 1 aromatic heterocycles. The average Bonchev–Trinajstić information content (AvgIpc) is 2.87. The number of aromatic nitrogens is 1. The smallest absolute Gasteiger partial charge is 0.265 e. The third-order valence-electron chi connectivity index (χ3n) is 3.41. The van der Waals surface area contributed by atoms with E-state index in [4.69, 9.17) is 10.5 Å². The summed E-state index contributed by atoms with van der Waals surface area (Å²) in [5.74, 6) is 0.566. The number of primary amides is 1. The number of nitrogens with one attached hydrogen (secondary N) is 1. The zero-order valence-corrected chi connectivity index (χ0v) is 14.2. The molecule has 2 amide bonds. The molecule has 3 N–H and O–H groups in total. The zero-order chi connectivity index (χ0) is 17.7. The Morgan fingerprint density at radius 2 is 1.92 bits per heavy atom. The quantitative estimate of drug-likeness (QED) is 0.817. The third kappa shape index (κ3) is 4.87. The van der Waals surface area contributed by atoms with E-state index in [1.54, 1.807) is 23.9 Å². The summed E-state index contributed by atoms with van der Waals surface area (Å²) in [6.45, 7) is 4.84. The minimum atomic E-state index is -0.532. The van der Waals surface area contributed by atoms with Crippen molar-refractivity contribution in [3.05, 3.63) is 47.8 Å². The summed E-state index contributed by atoms with van der Waals surface area (Å²) in [6, 6.07) is 9.02. The number of hydrogen-bond donors (Lipinski definition) is 2. The Morgan fingerprint density at radius 3 is 2.46 bits per heavy atom. The number of nitrogens with two attached hydrogens (primary N) is 1. The molecule has 0 fully saturated rings. The Morgan fingerprint density at radius 1 is 1.25 bits per heavy atom. The molecule has 0 radical (unpaired) electrons. The molecule has 0 bridgehead atoms. The second-order valence-corrected chi connectivity index (χ2v) is 6.16. The summed E-state index contributed by atoms with van der Waals surface area (Å²) in [5.41, 5.74) is 7.03. The number of hydrogen-bond acceptors (Lipinski definition) is 3. The van der Waals surface area contributed by atoms with Crippen LogP contribution in [-0.2, 0) is 18.3 Å². The fraction of sp³-hybridized carbons (Fsp3) is 0.333. The van der Waals surface area contributed by atoms with Crippen molar-refractivity contribution in [2.24, 2.45) is 18.7 Å². The first-order valence-corrected chi connectivity index (χ1v) is 7.83. The Labute approximate surface area is 141 Å². The summed E-state index contributed by atoms with van der Waals surface area (Å²) >= 11 is 0. The molecular weight excluding hydrogens is 306 g/mol. The molecule has 0 spiro atoms. The summed E-state index contributed by atoms with van der Waals surface area (Å²) in [5, 5.41) is 2.76. The molecular formula is C18H23N3O3. The molecule has 128 valence electrons. The van der Waals surface area contributed by atoms with Gasteiger partial charge in [0.25, 0.3) is 5.91 Å². The number of anilines is 1. The van der Waals surface area contributed by atoms with Crippen LogP contribution in [0.5, 0.6) is 5.75 Å². The van der Waals surface area contributed by atoms with E-state index < -0.39 is 5.91 Å². The summed E-state index contributed by atoms with van der Waals surface area (Å²) in [4.78, 5) is 23.3. The van der Waals surface area contributed by atoms with Gasteiger partial charge < -0.3 is 20.4 Å². The van der Waals surface area contributed by atoms with Gasteiger partial charge in [-0.2, -0.15) is 0 Å². The van der Waals surface area contributed by atoms with Crippen LogP contribution in [0.2, 0.25) is 0 Å². The van der Waals surface area contributed by atoms with E-state index in [1.165, 1.54) is 0 Å². The van der Waals surface area contributed by atoms with Gasteiger partial charge in [0.2, 0.25) is 5.91 Å². The SMILES string of the molecule is CC(C)COc1ccc(CC(=O)Nc2cc(C(N)=O)n(C)c2)cc1. The van der Waals surface area contributed by atoms with Crippen molar-refractivity contribution >= 4 is 17.5 Å². The lowest BCUT2D eigenvalue weighted by molar-refractivity contribution is -0.115.